The topological polar surface area (TPSA) is 0 Å². The summed E-state index contributed by atoms with van der Waals surface area (Å²) in [6.45, 7) is 2.27. The molecule has 1 heterocycles. The van der Waals surface area contributed by atoms with Crippen molar-refractivity contribution in [3.63, 3.8) is 0 Å². The summed E-state index contributed by atoms with van der Waals surface area (Å²) in [5, 5.41) is 0.859. The van der Waals surface area contributed by atoms with Crippen LogP contribution in [0.3, 0.4) is 0 Å². The largest absolute Gasteiger partial charge is 0.122 e. The molecule has 0 radical (unpaired) electrons. The fraction of sp³-hybridized carbons (Fsp3) is 0.500. The normalized spacial score (nSPS) is 20.2. The fourth-order valence-corrected chi connectivity index (χ4v) is 3.21. The van der Waals surface area contributed by atoms with Crippen molar-refractivity contribution >= 4 is 11.8 Å². The zero-order valence-corrected chi connectivity index (χ0v) is 8.94. The third kappa shape index (κ3) is 2.08. The van der Waals surface area contributed by atoms with E-state index < -0.39 is 0 Å². The summed E-state index contributed by atoms with van der Waals surface area (Å²) in [6, 6.07) is 8.83. The number of unbranched alkanes of at least 4 members (excludes halogenated alkanes) is 1. The van der Waals surface area contributed by atoms with Gasteiger partial charge in [-0.25, -0.2) is 0 Å². The molecule has 0 nitrogen and oxygen atoms in total. The molecule has 0 aliphatic carbocycles. The van der Waals surface area contributed by atoms with Crippen molar-refractivity contribution in [2.75, 3.05) is 0 Å². The lowest BCUT2D eigenvalue weighted by molar-refractivity contribution is 0.687. The second kappa shape index (κ2) is 4.19. The Hall–Kier alpha value is -0.430. The summed E-state index contributed by atoms with van der Waals surface area (Å²) >= 11 is 2.08. The number of hydrogen-bond acceptors (Lipinski definition) is 1. The van der Waals surface area contributed by atoms with E-state index in [0.717, 1.165) is 5.25 Å². The molecular formula is C12H16S. The molecule has 70 valence electrons. The highest BCUT2D eigenvalue weighted by Gasteiger charge is 2.20. The fourth-order valence-electron chi connectivity index (χ4n) is 1.85. The van der Waals surface area contributed by atoms with Crippen molar-refractivity contribution in [2.24, 2.45) is 0 Å². The maximum atomic E-state index is 2.27. The molecule has 0 bridgehead atoms. The second-order valence-corrected chi connectivity index (χ2v) is 5.04. The quantitative estimate of drug-likeness (QED) is 0.700. The molecule has 0 N–H and O–H groups in total. The predicted octanol–water partition coefficient (Wildman–Crippen LogP) is 3.89. The molecule has 1 atom stereocenters. The molecule has 0 amide bonds. The molecule has 0 fully saturated rings. The predicted molar refractivity (Wildman–Crippen MR) is 59.3 cm³/mol. The van der Waals surface area contributed by atoms with Gasteiger partial charge in [0.25, 0.3) is 0 Å². The zero-order chi connectivity index (χ0) is 9.10. The summed E-state index contributed by atoms with van der Waals surface area (Å²) in [5.74, 6) is 0. The van der Waals surface area contributed by atoms with Crippen molar-refractivity contribution < 1.29 is 0 Å². The van der Waals surface area contributed by atoms with Gasteiger partial charge in [-0.2, -0.15) is 0 Å². The van der Waals surface area contributed by atoms with E-state index in [9.17, 15) is 0 Å². The summed E-state index contributed by atoms with van der Waals surface area (Å²) in [4.78, 5) is 1.52. The van der Waals surface area contributed by atoms with E-state index in [1.807, 2.05) is 0 Å². The minimum atomic E-state index is 0.859. The SMILES string of the molecule is CCCC[C@@H]1Cc2ccccc2S1. The van der Waals surface area contributed by atoms with Gasteiger partial charge in [0.15, 0.2) is 0 Å². The standard InChI is InChI=1S/C12H16S/c1-2-3-7-11-9-10-6-4-5-8-12(10)13-11/h4-6,8,11H,2-3,7,9H2,1H3/t11-/m1/s1. The molecule has 1 aromatic carbocycles. The highest BCUT2D eigenvalue weighted by Crippen LogP contribution is 2.38. The molecule has 13 heavy (non-hydrogen) atoms. The third-order valence-corrected chi connectivity index (χ3v) is 3.98. The molecule has 0 saturated heterocycles. The molecule has 1 aliphatic rings. The van der Waals surface area contributed by atoms with Crippen LogP contribution in [-0.2, 0) is 6.42 Å². The van der Waals surface area contributed by atoms with Gasteiger partial charge in [-0.15, -0.1) is 11.8 Å². The van der Waals surface area contributed by atoms with Gasteiger partial charge in [-0.3, -0.25) is 0 Å². The van der Waals surface area contributed by atoms with E-state index in [1.165, 1.54) is 30.6 Å². The lowest BCUT2D eigenvalue weighted by Crippen LogP contribution is -1.99. The number of rotatable bonds is 3. The lowest BCUT2D eigenvalue weighted by Gasteiger charge is -2.05. The van der Waals surface area contributed by atoms with E-state index in [1.54, 1.807) is 5.56 Å². The minimum absolute atomic E-state index is 0.859. The molecular weight excluding hydrogens is 176 g/mol. The van der Waals surface area contributed by atoms with E-state index in [0.29, 0.717) is 0 Å². The molecule has 1 aromatic rings. The van der Waals surface area contributed by atoms with Gasteiger partial charge >= 0.3 is 0 Å². The Bertz CT molecular complexity index is 255. The van der Waals surface area contributed by atoms with Crippen LogP contribution in [0, 0.1) is 0 Å². The number of fused-ring (bicyclic) bond motifs is 1. The minimum Gasteiger partial charge on any atom is -0.122 e. The first-order valence-corrected chi connectivity index (χ1v) is 6.02. The van der Waals surface area contributed by atoms with Gasteiger partial charge < -0.3 is 0 Å². The van der Waals surface area contributed by atoms with Crippen LogP contribution in [-0.4, -0.2) is 5.25 Å². The lowest BCUT2D eigenvalue weighted by atomic mass is 10.1. The van der Waals surface area contributed by atoms with E-state index in [2.05, 4.69) is 43.0 Å². The van der Waals surface area contributed by atoms with Crippen molar-refractivity contribution in [1.82, 2.24) is 0 Å². The van der Waals surface area contributed by atoms with Crippen molar-refractivity contribution in [1.29, 1.82) is 0 Å². The Morgan fingerprint density at radius 3 is 3.00 bits per heavy atom. The van der Waals surface area contributed by atoms with Gasteiger partial charge in [-0.1, -0.05) is 38.0 Å². The maximum Gasteiger partial charge on any atom is 0.0135 e. The average molecular weight is 192 g/mol. The van der Waals surface area contributed by atoms with Crippen molar-refractivity contribution in [3.05, 3.63) is 29.8 Å². The first kappa shape index (κ1) is 9.14. The second-order valence-electron chi connectivity index (χ2n) is 3.69. The van der Waals surface area contributed by atoms with Crippen LogP contribution in [0.5, 0.6) is 0 Å². The zero-order valence-electron chi connectivity index (χ0n) is 8.12. The Morgan fingerprint density at radius 1 is 1.38 bits per heavy atom. The van der Waals surface area contributed by atoms with Crippen LogP contribution in [0.1, 0.15) is 31.7 Å². The molecule has 1 aliphatic heterocycles. The summed E-state index contributed by atoms with van der Waals surface area (Å²) in [7, 11) is 0. The van der Waals surface area contributed by atoms with Gasteiger partial charge in [0, 0.05) is 10.1 Å². The molecule has 0 saturated carbocycles. The first-order chi connectivity index (χ1) is 6.40. The van der Waals surface area contributed by atoms with Gasteiger partial charge in [0.1, 0.15) is 0 Å². The van der Waals surface area contributed by atoms with Gasteiger partial charge in [0.2, 0.25) is 0 Å². The van der Waals surface area contributed by atoms with Crippen LogP contribution >= 0.6 is 11.8 Å². The van der Waals surface area contributed by atoms with E-state index >= 15 is 0 Å². The number of benzene rings is 1. The molecule has 0 aromatic heterocycles. The molecule has 0 unspecified atom stereocenters. The number of hydrogen-bond donors (Lipinski definition) is 0. The monoisotopic (exact) mass is 192 g/mol. The van der Waals surface area contributed by atoms with Crippen LogP contribution in [0.2, 0.25) is 0 Å². The third-order valence-electron chi connectivity index (χ3n) is 2.59. The van der Waals surface area contributed by atoms with E-state index in [-0.39, 0.29) is 0 Å². The molecule has 1 heteroatoms. The summed E-state index contributed by atoms with van der Waals surface area (Å²) in [6.07, 6.45) is 5.38. The van der Waals surface area contributed by atoms with Gasteiger partial charge in [-0.05, 0) is 24.5 Å². The van der Waals surface area contributed by atoms with Crippen molar-refractivity contribution in [3.8, 4) is 0 Å². The first-order valence-electron chi connectivity index (χ1n) is 5.14. The maximum absolute atomic E-state index is 2.27. The smallest absolute Gasteiger partial charge is 0.0135 e. The average Bonchev–Trinajstić information content (AvgIpc) is 2.57. The van der Waals surface area contributed by atoms with Crippen LogP contribution in [0.4, 0.5) is 0 Å². The molecule has 0 spiro atoms. The van der Waals surface area contributed by atoms with Crippen LogP contribution < -0.4 is 0 Å². The highest BCUT2D eigenvalue weighted by molar-refractivity contribution is 8.00. The van der Waals surface area contributed by atoms with E-state index in [4.69, 9.17) is 0 Å². The Morgan fingerprint density at radius 2 is 2.23 bits per heavy atom. The summed E-state index contributed by atoms with van der Waals surface area (Å²) < 4.78 is 0. The van der Waals surface area contributed by atoms with Crippen LogP contribution in [0.25, 0.3) is 0 Å². The Balaban J connectivity index is 1.97. The Kier molecular flexibility index (Phi) is 2.94. The summed E-state index contributed by atoms with van der Waals surface area (Å²) in [5.41, 5.74) is 1.56. The van der Waals surface area contributed by atoms with Crippen molar-refractivity contribution in [2.45, 2.75) is 42.8 Å². The highest BCUT2D eigenvalue weighted by atomic mass is 32.2. The van der Waals surface area contributed by atoms with Crippen LogP contribution in [0.15, 0.2) is 29.2 Å². The van der Waals surface area contributed by atoms with Gasteiger partial charge in [0.05, 0.1) is 0 Å². The number of thioether (sulfide) groups is 1. The molecule has 2 rings (SSSR count). The Labute approximate surface area is 84.7 Å².